The van der Waals surface area contributed by atoms with Crippen LogP contribution >= 0.6 is 0 Å². The molecule has 0 saturated carbocycles. The van der Waals surface area contributed by atoms with Gasteiger partial charge in [-0.15, -0.1) is 0 Å². The van der Waals surface area contributed by atoms with E-state index in [4.69, 9.17) is 9.47 Å². The minimum atomic E-state index is -1.31. The first-order valence-corrected chi connectivity index (χ1v) is 14.1. The number of amides is 1. The van der Waals surface area contributed by atoms with Gasteiger partial charge in [-0.2, -0.15) is 0 Å². The first kappa shape index (κ1) is 31.2. The molecule has 1 aliphatic heterocycles. The molecule has 10 nitrogen and oxygen atoms in total. The molecular formula is C27H47N3O7. The van der Waals surface area contributed by atoms with E-state index in [1.54, 1.807) is 0 Å². The summed E-state index contributed by atoms with van der Waals surface area (Å²) in [6.07, 6.45) is 10.5. The summed E-state index contributed by atoms with van der Waals surface area (Å²) in [5, 5.41) is 20.6. The van der Waals surface area contributed by atoms with Gasteiger partial charge in [0.1, 0.15) is 24.9 Å². The fraction of sp³-hybridized carbons (Fsp3) is 0.815. The number of nitrogens with one attached hydrogen (secondary N) is 1. The van der Waals surface area contributed by atoms with Crippen LogP contribution in [0, 0.1) is 0 Å². The molecule has 0 spiro atoms. The normalized spacial score (nSPS) is 21.4. The summed E-state index contributed by atoms with van der Waals surface area (Å²) in [7, 11) is 0. The minimum Gasteiger partial charge on any atom is -0.394 e. The van der Waals surface area contributed by atoms with Crippen LogP contribution in [0.4, 0.5) is 0 Å². The van der Waals surface area contributed by atoms with Crippen molar-refractivity contribution in [1.29, 1.82) is 0 Å². The Hall–Kier alpha value is -2.01. The molecule has 1 amide bonds. The van der Waals surface area contributed by atoms with Crippen LogP contribution in [-0.2, 0) is 14.3 Å². The largest absolute Gasteiger partial charge is 0.394 e. The highest BCUT2D eigenvalue weighted by Crippen LogP contribution is 2.30. The van der Waals surface area contributed by atoms with Gasteiger partial charge in [-0.05, 0) is 12.8 Å². The van der Waals surface area contributed by atoms with Crippen LogP contribution < -0.4 is 11.2 Å². The second-order valence-electron chi connectivity index (χ2n) is 9.95. The number of carbonyl (C=O) groups is 1. The SMILES string of the molecule is CCCCCCCCN(CCCCCCCC)C(=O)COC1C(O)[C@H](n2ccc(=O)[nH]c2=O)O[C@@H]1CO. The smallest absolute Gasteiger partial charge is 0.330 e. The van der Waals surface area contributed by atoms with E-state index in [-0.39, 0.29) is 12.5 Å². The summed E-state index contributed by atoms with van der Waals surface area (Å²) >= 11 is 0. The highest BCUT2D eigenvalue weighted by atomic mass is 16.6. The molecule has 1 aromatic heterocycles. The Labute approximate surface area is 220 Å². The quantitative estimate of drug-likeness (QED) is 0.236. The van der Waals surface area contributed by atoms with E-state index < -0.39 is 42.4 Å². The van der Waals surface area contributed by atoms with E-state index in [0.717, 1.165) is 36.3 Å². The third-order valence-electron chi connectivity index (χ3n) is 6.93. The number of aliphatic hydroxyl groups is 2. The number of H-pyrrole nitrogens is 1. The van der Waals surface area contributed by atoms with Crippen LogP contribution in [0.1, 0.15) is 97.1 Å². The van der Waals surface area contributed by atoms with Crippen LogP contribution in [0.2, 0.25) is 0 Å². The molecule has 2 rings (SSSR count). The van der Waals surface area contributed by atoms with Gasteiger partial charge in [0.15, 0.2) is 6.23 Å². The first-order valence-electron chi connectivity index (χ1n) is 14.1. The van der Waals surface area contributed by atoms with Crippen molar-refractivity contribution in [2.24, 2.45) is 0 Å². The lowest BCUT2D eigenvalue weighted by molar-refractivity contribution is -0.142. The van der Waals surface area contributed by atoms with Gasteiger partial charge < -0.3 is 24.6 Å². The monoisotopic (exact) mass is 525 g/mol. The van der Waals surface area contributed by atoms with Crippen molar-refractivity contribution in [3.63, 3.8) is 0 Å². The lowest BCUT2D eigenvalue weighted by Crippen LogP contribution is -2.42. The van der Waals surface area contributed by atoms with Crippen molar-refractivity contribution in [2.75, 3.05) is 26.3 Å². The fourth-order valence-electron chi connectivity index (χ4n) is 4.72. The second-order valence-corrected chi connectivity index (χ2v) is 9.95. The maximum Gasteiger partial charge on any atom is 0.330 e. The van der Waals surface area contributed by atoms with E-state index in [2.05, 4.69) is 18.8 Å². The van der Waals surface area contributed by atoms with E-state index in [0.29, 0.717) is 13.1 Å². The van der Waals surface area contributed by atoms with Crippen molar-refractivity contribution in [3.8, 4) is 0 Å². The number of aliphatic hydroxyl groups excluding tert-OH is 2. The zero-order valence-electron chi connectivity index (χ0n) is 22.6. The Kier molecular flexibility index (Phi) is 14.8. The first-order chi connectivity index (χ1) is 17.9. The van der Waals surface area contributed by atoms with Gasteiger partial charge in [-0.3, -0.25) is 19.1 Å². The van der Waals surface area contributed by atoms with E-state index in [1.807, 2.05) is 4.90 Å². The predicted molar refractivity (Wildman–Crippen MR) is 141 cm³/mol. The number of hydrogen-bond acceptors (Lipinski definition) is 7. The molecule has 0 aromatic carbocycles. The van der Waals surface area contributed by atoms with Crippen molar-refractivity contribution >= 4 is 5.91 Å². The zero-order valence-corrected chi connectivity index (χ0v) is 22.6. The topological polar surface area (TPSA) is 134 Å². The highest BCUT2D eigenvalue weighted by molar-refractivity contribution is 5.77. The number of aromatic nitrogens is 2. The summed E-state index contributed by atoms with van der Waals surface area (Å²) < 4.78 is 12.5. The average molecular weight is 526 g/mol. The lowest BCUT2D eigenvalue weighted by Gasteiger charge is -2.25. The number of ether oxygens (including phenoxy) is 2. The van der Waals surface area contributed by atoms with Crippen LogP contribution in [0.25, 0.3) is 0 Å². The average Bonchev–Trinajstić information content (AvgIpc) is 3.20. The Morgan fingerprint density at radius 1 is 1.00 bits per heavy atom. The van der Waals surface area contributed by atoms with Gasteiger partial charge in [-0.25, -0.2) is 4.79 Å². The molecular weight excluding hydrogens is 478 g/mol. The number of carbonyl (C=O) groups excluding carboxylic acids is 1. The zero-order chi connectivity index (χ0) is 27.0. The molecule has 37 heavy (non-hydrogen) atoms. The summed E-state index contributed by atoms with van der Waals surface area (Å²) in [5.41, 5.74) is -1.31. The van der Waals surface area contributed by atoms with Crippen LogP contribution in [0.3, 0.4) is 0 Å². The molecule has 2 heterocycles. The van der Waals surface area contributed by atoms with E-state index in [9.17, 15) is 24.6 Å². The van der Waals surface area contributed by atoms with Gasteiger partial charge in [0.25, 0.3) is 5.56 Å². The van der Waals surface area contributed by atoms with Crippen molar-refractivity contribution < 1.29 is 24.5 Å². The van der Waals surface area contributed by atoms with Crippen LogP contribution in [0.15, 0.2) is 21.9 Å². The Morgan fingerprint density at radius 3 is 2.11 bits per heavy atom. The van der Waals surface area contributed by atoms with Gasteiger partial charge in [0, 0.05) is 25.4 Å². The Bertz CT molecular complexity index is 871. The maximum atomic E-state index is 13.1. The number of aromatic amines is 1. The number of unbranched alkanes of at least 4 members (excludes halogenated alkanes) is 10. The van der Waals surface area contributed by atoms with Gasteiger partial charge in [0.05, 0.1) is 6.61 Å². The van der Waals surface area contributed by atoms with Gasteiger partial charge in [0.2, 0.25) is 5.91 Å². The van der Waals surface area contributed by atoms with Crippen LogP contribution in [-0.4, -0.2) is 75.2 Å². The molecule has 1 aromatic rings. The molecule has 4 atom stereocenters. The summed E-state index contributed by atoms with van der Waals surface area (Å²) in [5.74, 6) is -0.157. The standard InChI is InChI=1S/C27H47N3O7/c1-3-5-7-9-11-13-16-29(17-14-12-10-8-6-4-2)23(33)20-36-25-21(19-31)37-26(24(25)34)30-18-15-22(32)28-27(30)35/h15,18,21,24-26,31,34H,3-14,16-17,19-20H2,1-2H3,(H,28,32,35)/t21-,24?,25?,26-/m1/s1. The molecule has 1 saturated heterocycles. The Morgan fingerprint density at radius 2 is 1.57 bits per heavy atom. The minimum absolute atomic E-state index is 0.157. The molecule has 1 aliphatic rings. The molecule has 3 N–H and O–H groups in total. The maximum absolute atomic E-state index is 13.1. The third-order valence-corrected chi connectivity index (χ3v) is 6.93. The summed E-state index contributed by atoms with van der Waals surface area (Å²) in [4.78, 5) is 40.6. The summed E-state index contributed by atoms with van der Waals surface area (Å²) in [6, 6.07) is 1.14. The van der Waals surface area contributed by atoms with E-state index in [1.165, 1.54) is 57.6 Å². The van der Waals surface area contributed by atoms with E-state index >= 15 is 0 Å². The van der Waals surface area contributed by atoms with Crippen molar-refractivity contribution in [3.05, 3.63) is 33.1 Å². The predicted octanol–water partition coefficient (Wildman–Crippen LogP) is 2.72. The number of hydrogen-bond donors (Lipinski definition) is 3. The molecule has 2 unspecified atom stereocenters. The number of rotatable bonds is 19. The fourth-order valence-corrected chi connectivity index (χ4v) is 4.72. The van der Waals surface area contributed by atoms with Crippen molar-refractivity contribution in [2.45, 2.75) is 115 Å². The molecule has 1 fully saturated rings. The molecule has 10 heteroatoms. The van der Waals surface area contributed by atoms with Gasteiger partial charge in [-0.1, -0.05) is 78.1 Å². The molecule has 212 valence electrons. The molecule has 0 radical (unpaired) electrons. The van der Waals surface area contributed by atoms with Crippen LogP contribution in [0.5, 0.6) is 0 Å². The van der Waals surface area contributed by atoms with Crippen molar-refractivity contribution in [1.82, 2.24) is 14.5 Å². The number of nitrogens with zero attached hydrogens (tertiary/aromatic N) is 2. The Balaban J connectivity index is 1.94. The third kappa shape index (κ3) is 10.3. The second kappa shape index (κ2) is 17.5. The highest BCUT2D eigenvalue weighted by Gasteiger charge is 2.46. The molecule has 0 bridgehead atoms. The summed E-state index contributed by atoms with van der Waals surface area (Å²) in [6.45, 7) is 5.02. The lowest BCUT2D eigenvalue weighted by atomic mass is 10.1. The molecule has 0 aliphatic carbocycles. The van der Waals surface area contributed by atoms with Gasteiger partial charge >= 0.3 is 5.69 Å².